The highest BCUT2D eigenvalue weighted by atomic mass is 32.1. The van der Waals surface area contributed by atoms with E-state index in [1.165, 1.54) is 4.88 Å². The molecule has 1 unspecified atom stereocenters. The molecule has 1 atom stereocenters. The van der Waals surface area contributed by atoms with Crippen molar-refractivity contribution in [1.82, 2.24) is 5.32 Å². The van der Waals surface area contributed by atoms with Gasteiger partial charge in [0.05, 0.1) is 12.7 Å². The van der Waals surface area contributed by atoms with Crippen molar-refractivity contribution in [3.8, 4) is 16.2 Å². The Kier molecular flexibility index (Phi) is 9.67. The number of aliphatic carboxylic acids is 1. The van der Waals surface area contributed by atoms with Gasteiger partial charge in [-0.2, -0.15) is 0 Å². The van der Waals surface area contributed by atoms with Crippen LogP contribution in [0.15, 0.2) is 48.5 Å². The summed E-state index contributed by atoms with van der Waals surface area (Å²) in [5.74, 6) is -0.399. The molecule has 0 spiro atoms. The maximum Gasteiger partial charge on any atom is 0.333 e. The van der Waals surface area contributed by atoms with E-state index in [0.717, 1.165) is 39.3 Å². The van der Waals surface area contributed by atoms with Gasteiger partial charge < -0.3 is 19.9 Å². The van der Waals surface area contributed by atoms with Crippen LogP contribution in [0.4, 0.5) is 0 Å². The molecule has 0 aliphatic heterocycles. The number of amides is 1. The summed E-state index contributed by atoms with van der Waals surface area (Å²) >= 11 is 1.68. The number of carbonyl (C=O) groups excluding carboxylic acids is 1. The summed E-state index contributed by atoms with van der Waals surface area (Å²) in [5.41, 5.74) is 4.24. The summed E-state index contributed by atoms with van der Waals surface area (Å²) < 4.78 is 11.3. The number of hydrogen-bond donors (Lipinski definition) is 2. The molecule has 6 nitrogen and oxygen atoms in total. The van der Waals surface area contributed by atoms with Crippen LogP contribution >= 0.6 is 11.3 Å². The van der Waals surface area contributed by atoms with Crippen LogP contribution < -0.4 is 10.1 Å². The van der Waals surface area contributed by atoms with Gasteiger partial charge in [0.1, 0.15) is 5.75 Å². The van der Waals surface area contributed by atoms with Crippen LogP contribution in [0.3, 0.4) is 0 Å². The number of benzene rings is 2. The second kappa shape index (κ2) is 12.7. The van der Waals surface area contributed by atoms with Crippen molar-refractivity contribution in [3.05, 3.63) is 75.7 Å². The van der Waals surface area contributed by atoms with Gasteiger partial charge in [-0.05, 0) is 86.7 Å². The van der Waals surface area contributed by atoms with E-state index in [1.807, 2.05) is 51.1 Å². The number of thiophene rings is 1. The molecule has 36 heavy (non-hydrogen) atoms. The predicted octanol–water partition coefficient (Wildman–Crippen LogP) is 6.17. The quantitative estimate of drug-likeness (QED) is 0.305. The monoisotopic (exact) mass is 509 g/mol. The first-order valence-electron chi connectivity index (χ1n) is 12.3. The lowest BCUT2D eigenvalue weighted by Gasteiger charge is -2.18. The zero-order chi connectivity index (χ0) is 26.2. The molecule has 0 radical (unpaired) electrons. The number of rotatable bonds is 12. The molecule has 1 aromatic heterocycles. The molecular weight excluding hydrogens is 474 g/mol. The minimum absolute atomic E-state index is 0.167. The Hall–Kier alpha value is -3.16. The summed E-state index contributed by atoms with van der Waals surface area (Å²) in [6, 6.07) is 15.5. The maximum atomic E-state index is 13.0. The zero-order valence-corrected chi connectivity index (χ0v) is 22.4. The Labute approximate surface area is 217 Å². The Morgan fingerprint density at radius 3 is 2.44 bits per heavy atom. The number of aryl methyl sites for hydroxylation is 2. The molecule has 192 valence electrons. The fourth-order valence-corrected chi connectivity index (χ4v) is 4.88. The average Bonchev–Trinajstić information content (AvgIpc) is 3.26. The first-order valence-corrected chi connectivity index (χ1v) is 13.1. The fraction of sp³-hybridized carbons (Fsp3) is 0.379. The van der Waals surface area contributed by atoms with E-state index in [4.69, 9.17) is 9.47 Å². The molecule has 0 aliphatic carbocycles. The standard InChI is InChI=1S/C29H35NO5S/c1-6-13-34-23-9-11-24(19(4)14-23)28(31)30-17-22-15-21(16-26(29(32)33)35-18(2)3)8-10-25(22)27-12-7-20(5)36-27/h7-12,14-15,18,26H,6,13,16-17H2,1-5H3,(H,30,31)(H,32,33). The topological polar surface area (TPSA) is 84.9 Å². The molecule has 2 aromatic carbocycles. The van der Waals surface area contributed by atoms with Crippen LogP contribution in [0, 0.1) is 13.8 Å². The zero-order valence-electron chi connectivity index (χ0n) is 21.6. The number of ether oxygens (including phenoxy) is 2. The van der Waals surface area contributed by atoms with Gasteiger partial charge in [0, 0.05) is 28.3 Å². The van der Waals surface area contributed by atoms with Crippen molar-refractivity contribution >= 4 is 23.2 Å². The number of carbonyl (C=O) groups is 2. The van der Waals surface area contributed by atoms with Gasteiger partial charge in [-0.3, -0.25) is 4.79 Å². The van der Waals surface area contributed by atoms with E-state index < -0.39 is 12.1 Å². The van der Waals surface area contributed by atoms with E-state index in [0.29, 0.717) is 18.7 Å². The second-order valence-electron chi connectivity index (χ2n) is 9.13. The molecule has 0 aliphatic rings. The van der Waals surface area contributed by atoms with Crippen molar-refractivity contribution in [1.29, 1.82) is 0 Å². The highest BCUT2D eigenvalue weighted by molar-refractivity contribution is 7.15. The van der Waals surface area contributed by atoms with Gasteiger partial charge in [0.25, 0.3) is 5.91 Å². The Morgan fingerprint density at radius 1 is 1.06 bits per heavy atom. The summed E-state index contributed by atoms with van der Waals surface area (Å²) in [6.07, 6.45) is 0.0402. The molecule has 3 rings (SSSR count). The first kappa shape index (κ1) is 27.4. The molecular formula is C29H35NO5S. The van der Waals surface area contributed by atoms with Gasteiger partial charge in [-0.15, -0.1) is 11.3 Å². The fourth-order valence-electron chi connectivity index (χ4n) is 3.95. The smallest absolute Gasteiger partial charge is 0.333 e. The second-order valence-corrected chi connectivity index (χ2v) is 10.4. The third-order valence-electron chi connectivity index (χ3n) is 5.66. The molecule has 0 saturated carbocycles. The van der Waals surface area contributed by atoms with Gasteiger partial charge in [-0.25, -0.2) is 4.79 Å². The molecule has 1 heterocycles. The lowest BCUT2D eigenvalue weighted by Crippen LogP contribution is -2.29. The SMILES string of the molecule is CCCOc1ccc(C(=O)NCc2cc(CC(OC(C)C)C(=O)O)ccc2-c2ccc(C)s2)c(C)c1. The van der Waals surface area contributed by atoms with Crippen LogP contribution in [0.25, 0.3) is 10.4 Å². The number of nitrogens with one attached hydrogen (secondary N) is 1. The first-order chi connectivity index (χ1) is 17.2. The highest BCUT2D eigenvalue weighted by Gasteiger charge is 2.21. The summed E-state index contributed by atoms with van der Waals surface area (Å²) in [7, 11) is 0. The van der Waals surface area contributed by atoms with Crippen molar-refractivity contribution in [3.63, 3.8) is 0 Å². The summed E-state index contributed by atoms with van der Waals surface area (Å²) in [6.45, 7) is 10.6. The van der Waals surface area contributed by atoms with Crippen molar-refractivity contribution in [2.24, 2.45) is 0 Å². The minimum atomic E-state index is -0.988. The molecule has 0 bridgehead atoms. The number of carboxylic acids is 1. The lowest BCUT2D eigenvalue weighted by molar-refractivity contribution is -0.153. The third kappa shape index (κ3) is 7.42. The van der Waals surface area contributed by atoms with Gasteiger partial charge in [0.15, 0.2) is 6.10 Å². The Morgan fingerprint density at radius 2 is 1.83 bits per heavy atom. The van der Waals surface area contributed by atoms with E-state index in [2.05, 4.69) is 31.3 Å². The van der Waals surface area contributed by atoms with Gasteiger partial charge in [-0.1, -0.05) is 25.1 Å². The summed E-state index contributed by atoms with van der Waals surface area (Å²) in [4.78, 5) is 27.1. The molecule has 1 amide bonds. The van der Waals surface area contributed by atoms with E-state index in [9.17, 15) is 14.7 Å². The molecule has 2 N–H and O–H groups in total. The van der Waals surface area contributed by atoms with E-state index in [1.54, 1.807) is 17.4 Å². The minimum Gasteiger partial charge on any atom is -0.494 e. The third-order valence-corrected chi connectivity index (χ3v) is 6.70. The van der Waals surface area contributed by atoms with Crippen molar-refractivity contribution in [2.45, 2.75) is 66.2 Å². The van der Waals surface area contributed by atoms with Crippen LogP contribution in [-0.2, 0) is 22.5 Å². The Balaban J connectivity index is 1.83. The molecule has 0 fully saturated rings. The van der Waals surface area contributed by atoms with Crippen molar-refractivity contribution < 1.29 is 24.2 Å². The number of carboxylic acid groups (broad SMARTS) is 1. The highest BCUT2D eigenvalue weighted by Crippen LogP contribution is 2.31. The van der Waals surface area contributed by atoms with Crippen LogP contribution in [0.5, 0.6) is 5.75 Å². The number of hydrogen-bond acceptors (Lipinski definition) is 5. The van der Waals surface area contributed by atoms with Gasteiger partial charge >= 0.3 is 5.97 Å². The van der Waals surface area contributed by atoms with Crippen LogP contribution in [0.1, 0.15) is 59.1 Å². The average molecular weight is 510 g/mol. The van der Waals surface area contributed by atoms with Crippen LogP contribution in [-0.4, -0.2) is 35.8 Å². The lowest BCUT2D eigenvalue weighted by atomic mass is 9.98. The molecule has 0 saturated heterocycles. The van der Waals surface area contributed by atoms with E-state index in [-0.39, 0.29) is 18.4 Å². The Bertz CT molecular complexity index is 1200. The predicted molar refractivity (Wildman–Crippen MR) is 144 cm³/mol. The van der Waals surface area contributed by atoms with Crippen LogP contribution in [0.2, 0.25) is 0 Å². The van der Waals surface area contributed by atoms with Gasteiger partial charge in [0.2, 0.25) is 0 Å². The molecule has 3 aromatic rings. The summed E-state index contributed by atoms with van der Waals surface area (Å²) in [5, 5.41) is 12.6. The van der Waals surface area contributed by atoms with E-state index >= 15 is 0 Å². The van der Waals surface area contributed by atoms with Crippen molar-refractivity contribution in [2.75, 3.05) is 6.61 Å². The molecule has 7 heteroatoms. The maximum absolute atomic E-state index is 13.0. The normalized spacial score (nSPS) is 11.9. The largest absolute Gasteiger partial charge is 0.494 e.